The van der Waals surface area contributed by atoms with Crippen LogP contribution in [0.3, 0.4) is 0 Å². The van der Waals surface area contributed by atoms with Crippen LogP contribution in [0.15, 0.2) is 12.0 Å². The lowest BCUT2D eigenvalue weighted by Gasteiger charge is -2.05. The van der Waals surface area contributed by atoms with Gasteiger partial charge in [0.05, 0.1) is 0 Å². The molecule has 1 rings (SSSR count). The molecule has 0 aromatic carbocycles. The minimum Gasteiger partial charge on any atom is -0.459 e. The van der Waals surface area contributed by atoms with E-state index in [1.165, 1.54) is 0 Å². The van der Waals surface area contributed by atoms with Gasteiger partial charge < -0.3 is 9.47 Å². The average Bonchev–Trinajstić information content (AvgIpc) is 2.40. The monoisotopic (exact) mass is 144 g/mol. The fourth-order valence-corrected chi connectivity index (χ4v) is 0.614. The van der Waals surface area contributed by atoms with Gasteiger partial charge in [-0.3, -0.25) is 0 Å². The van der Waals surface area contributed by atoms with Crippen LogP contribution in [-0.2, 0) is 9.47 Å². The predicted molar refractivity (Wildman–Crippen MR) is 41.4 cm³/mol. The van der Waals surface area contributed by atoms with Gasteiger partial charge >= 0.3 is 0 Å². The zero-order valence-corrected chi connectivity index (χ0v) is 7.18. The van der Waals surface area contributed by atoms with E-state index in [-0.39, 0.29) is 6.29 Å². The third-order valence-corrected chi connectivity index (χ3v) is 1.04. The summed E-state index contributed by atoms with van der Waals surface area (Å²) in [4.78, 5) is 0. The van der Waals surface area contributed by atoms with Crippen molar-refractivity contribution in [1.82, 2.24) is 0 Å². The molecular formula is C8H16O2. The smallest absolute Gasteiger partial charge is 0.239 e. The van der Waals surface area contributed by atoms with Crippen molar-refractivity contribution in [1.29, 1.82) is 0 Å². The first-order valence-electron chi connectivity index (χ1n) is 3.82. The Bertz CT molecular complexity index is 108. The SMILES string of the molecule is CC.CCC1OC=C(C)O1. The summed E-state index contributed by atoms with van der Waals surface area (Å²) in [7, 11) is 0. The molecule has 0 fully saturated rings. The van der Waals surface area contributed by atoms with Gasteiger partial charge in [-0.05, 0) is 6.92 Å². The standard InChI is InChI=1S/C6H10O2.C2H6/c1-3-6-7-4-5(2)8-6;1-2/h4,6H,3H2,1-2H3;1-2H3. The summed E-state index contributed by atoms with van der Waals surface area (Å²) in [5, 5.41) is 0. The van der Waals surface area contributed by atoms with E-state index in [4.69, 9.17) is 9.47 Å². The maximum atomic E-state index is 5.15. The van der Waals surface area contributed by atoms with Crippen molar-refractivity contribution in [2.75, 3.05) is 0 Å². The van der Waals surface area contributed by atoms with Crippen LogP contribution in [0.1, 0.15) is 34.1 Å². The summed E-state index contributed by atoms with van der Waals surface area (Å²) in [5.74, 6) is 0.872. The van der Waals surface area contributed by atoms with Gasteiger partial charge in [0.1, 0.15) is 12.0 Å². The van der Waals surface area contributed by atoms with Crippen molar-refractivity contribution in [2.24, 2.45) is 0 Å². The van der Waals surface area contributed by atoms with Gasteiger partial charge in [-0.25, -0.2) is 0 Å². The van der Waals surface area contributed by atoms with Crippen molar-refractivity contribution in [3.8, 4) is 0 Å². The summed E-state index contributed by atoms with van der Waals surface area (Å²) in [6, 6.07) is 0. The molecule has 60 valence electrons. The first kappa shape index (κ1) is 9.34. The summed E-state index contributed by atoms with van der Waals surface area (Å²) in [6.45, 7) is 7.91. The van der Waals surface area contributed by atoms with Gasteiger partial charge in [0.2, 0.25) is 6.29 Å². The van der Waals surface area contributed by atoms with E-state index in [2.05, 4.69) is 0 Å². The molecule has 0 aliphatic carbocycles. The second-order valence-corrected chi connectivity index (χ2v) is 1.82. The van der Waals surface area contributed by atoms with E-state index >= 15 is 0 Å². The molecule has 0 N–H and O–H groups in total. The molecule has 0 amide bonds. The molecule has 0 saturated heterocycles. The van der Waals surface area contributed by atoms with Crippen molar-refractivity contribution in [2.45, 2.75) is 40.4 Å². The average molecular weight is 144 g/mol. The van der Waals surface area contributed by atoms with Gasteiger partial charge in [0.25, 0.3) is 0 Å². The van der Waals surface area contributed by atoms with Gasteiger partial charge in [-0.2, -0.15) is 0 Å². The summed E-state index contributed by atoms with van der Waals surface area (Å²) in [6.07, 6.45) is 2.54. The first-order chi connectivity index (χ1) is 4.83. The number of allylic oxidation sites excluding steroid dienone is 1. The Morgan fingerprint density at radius 2 is 2.10 bits per heavy atom. The Morgan fingerprint density at radius 3 is 2.30 bits per heavy atom. The second kappa shape index (κ2) is 5.15. The van der Waals surface area contributed by atoms with Crippen molar-refractivity contribution in [3.63, 3.8) is 0 Å². The number of hydrogen-bond donors (Lipinski definition) is 0. The number of ether oxygens (including phenoxy) is 2. The molecule has 1 heterocycles. The lowest BCUT2D eigenvalue weighted by Crippen LogP contribution is -2.04. The molecule has 10 heavy (non-hydrogen) atoms. The van der Waals surface area contributed by atoms with Crippen molar-refractivity contribution < 1.29 is 9.47 Å². The molecule has 2 heteroatoms. The topological polar surface area (TPSA) is 18.5 Å². The Labute approximate surface area is 62.8 Å². The minimum atomic E-state index is -0.0185. The minimum absolute atomic E-state index is 0.0185. The Balaban J connectivity index is 0.000000371. The third-order valence-electron chi connectivity index (χ3n) is 1.04. The highest BCUT2D eigenvalue weighted by molar-refractivity contribution is 4.86. The molecule has 1 atom stereocenters. The molecule has 1 aliphatic rings. The summed E-state index contributed by atoms with van der Waals surface area (Å²) < 4.78 is 10.2. The van der Waals surface area contributed by atoms with E-state index in [9.17, 15) is 0 Å². The summed E-state index contributed by atoms with van der Waals surface area (Å²) >= 11 is 0. The maximum absolute atomic E-state index is 5.15. The zero-order valence-electron chi connectivity index (χ0n) is 7.18. The van der Waals surface area contributed by atoms with Gasteiger partial charge in [0, 0.05) is 6.42 Å². The van der Waals surface area contributed by atoms with E-state index in [0.29, 0.717) is 0 Å². The van der Waals surface area contributed by atoms with Crippen LogP contribution in [-0.4, -0.2) is 6.29 Å². The van der Waals surface area contributed by atoms with E-state index in [1.54, 1.807) is 6.26 Å². The summed E-state index contributed by atoms with van der Waals surface area (Å²) in [5.41, 5.74) is 0. The van der Waals surface area contributed by atoms with E-state index < -0.39 is 0 Å². The third kappa shape index (κ3) is 2.76. The van der Waals surface area contributed by atoms with Crippen molar-refractivity contribution >= 4 is 0 Å². The maximum Gasteiger partial charge on any atom is 0.239 e. The highest BCUT2D eigenvalue weighted by atomic mass is 16.7. The largest absolute Gasteiger partial charge is 0.459 e. The van der Waals surface area contributed by atoms with Crippen molar-refractivity contribution in [3.05, 3.63) is 12.0 Å². The Hall–Kier alpha value is -0.660. The van der Waals surface area contributed by atoms with Crippen LogP contribution in [0.4, 0.5) is 0 Å². The quantitative estimate of drug-likeness (QED) is 0.563. The molecular weight excluding hydrogens is 128 g/mol. The van der Waals surface area contributed by atoms with Crippen LogP contribution in [0.5, 0.6) is 0 Å². The lowest BCUT2D eigenvalue weighted by atomic mass is 10.5. The van der Waals surface area contributed by atoms with E-state index in [1.807, 2.05) is 27.7 Å². The highest BCUT2D eigenvalue weighted by Crippen LogP contribution is 2.14. The number of hydrogen-bond acceptors (Lipinski definition) is 2. The molecule has 0 radical (unpaired) electrons. The van der Waals surface area contributed by atoms with Gasteiger partial charge in [-0.1, -0.05) is 20.8 Å². The first-order valence-corrected chi connectivity index (χ1v) is 3.82. The molecule has 0 saturated carbocycles. The second-order valence-electron chi connectivity index (χ2n) is 1.82. The van der Waals surface area contributed by atoms with E-state index in [0.717, 1.165) is 12.2 Å². The van der Waals surface area contributed by atoms with Crippen LogP contribution >= 0.6 is 0 Å². The van der Waals surface area contributed by atoms with Gasteiger partial charge in [0.15, 0.2) is 0 Å². The molecule has 2 nitrogen and oxygen atoms in total. The fraction of sp³-hybridized carbons (Fsp3) is 0.750. The Morgan fingerprint density at radius 1 is 1.50 bits per heavy atom. The van der Waals surface area contributed by atoms with Crippen LogP contribution in [0.2, 0.25) is 0 Å². The molecule has 1 aliphatic heterocycles. The van der Waals surface area contributed by atoms with Crippen LogP contribution in [0.25, 0.3) is 0 Å². The van der Waals surface area contributed by atoms with Crippen LogP contribution < -0.4 is 0 Å². The normalized spacial score (nSPS) is 21.6. The molecule has 0 bridgehead atoms. The van der Waals surface area contributed by atoms with Crippen LogP contribution in [0, 0.1) is 0 Å². The fourth-order valence-electron chi connectivity index (χ4n) is 0.614. The highest BCUT2D eigenvalue weighted by Gasteiger charge is 2.12. The molecule has 0 aromatic rings. The van der Waals surface area contributed by atoms with Gasteiger partial charge in [-0.15, -0.1) is 0 Å². The Kier molecular flexibility index (Phi) is 4.81. The number of rotatable bonds is 1. The molecule has 0 spiro atoms. The predicted octanol–water partition coefficient (Wildman–Crippen LogP) is 2.66. The lowest BCUT2D eigenvalue weighted by molar-refractivity contribution is -0.0324. The molecule has 0 aromatic heterocycles. The molecule has 1 unspecified atom stereocenters. The zero-order chi connectivity index (χ0) is 7.98.